The van der Waals surface area contributed by atoms with Crippen LogP contribution in [0.4, 0.5) is 4.39 Å². The van der Waals surface area contributed by atoms with Crippen LogP contribution in [0.2, 0.25) is 0 Å². The first-order valence-electron chi connectivity index (χ1n) is 5.68. The van der Waals surface area contributed by atoms with Gasteiger partial charge >= 0.3 is 5.97 Å². The summed E-state index contributed by atoms with van der Waals surface area (Å²) in [5.74, 6) is -1.20. The maximum atomic E-state index is 13.3. The second-order valence-electron chi connectivity index (χ2n) is 4.03. The van der Waals surface area contributed by atoms with Gasteiger partial charge in [0.05, 0.1) is 0 Å². The van der Waals surface area contributed by atoms with Crippen molar-refractivity contribution in [3.63, 3.8) is 0 Å². The minimum Gasteiger partial charge on any atom is -0.456 e. The van der Waals surface area contributed by atoms with Gasteiger partial charge in [0.2, 0.25) is 0 Å². The largest absolute Gasteiger partial charge is 0.456 e. The fourth-order valence-electron chi connectivity index (χ4n) is 1.55. The molecule has 5 heteroatoms. The number of ether oxygens (including phenoxy) is 1. The predicted molar refractivity (Wildman–Crippen MR) is 66.3 cm³/mol. The number of esters is 1. The number of nitrogens with one attached hydrogen (secondary N) is 1. The Hall–Kier alpha value is -2.43. The molecular weight excluding hydrogens is 249 g/mol. The first kappa shape index (κ1) is 13.0. The van der Waals surface area contributed by atoms with Gasteiger partial charge in [-0.3, -0.25) is 4.79 Å². The number of hydrogen-bond acceptors (Lipinski definition) is 3. The minimum atomic E-state index is -0.629. The third-order valence-corrected chi connectivity index (χ3v) is 2.63. The molecule has 0 saturated heterocycles. The van der Waals surface area contributed by atoms with Crippen molar-refractivity contribution >= 4 is 11.8 Å². The van der Waals surface area contributed by atoms with Crippen molar-refractivity contribution < 1.29 is 18.7 Å². The number of ketones is 1. The predicted octanol–water partition coefficient (Wildman–Crippen LogP) is 2.71. The number of H-pyrrole nitrogens is 1. The lowest BCUT2D eigenvalue weighted by Crippen LogP contribution is -2.06. The molecule has 4 nitrogen and oxygen atoms in total. The number of halogens is 1. The van der Waals surface area contributed by atoms with E-state index in [1.807, 2.05) is 0 Å². The first-order valence-corrected chi connectivity index (χ1v) is 5.68. The number of aromatic amines is 1. The van der Waals surface area contributed by atoms with Crippen molar-refractivity contribution in [1.82, 2.24) is 4.98 Å². The molecule has 2 aromatic rings. The second-order valence-corrected chi connectivity index (χ2v) is 4.03. The second kappa shape index (κ2) is 5.48. The van der Waals surface area contributed by atoms with Crippen LogP contribution in [0.3, 0.4) is 0 Å². The smallest absolute Gasteiger partial charge is 0.355 e. The monoisotopic (exact) mass is 261 g/mol. The van der Waals surface area contributed by atoms with Gasteiger partial charge in [0.25, 0.3) is 0 Å². The molecule has 0 fully saturated rings. The van der Waals surface area contributed by atoms with Crippen LogP contribution in [0.5, 0.6) is 0 Å². The van der Waals surface area contributed by atoms with Crippen LogP contribution in [0.25, 0.3) is 0 Å². The average molecular weight is 261 g/mol. The molecule has 0 aliphatic heterocycles. The Morgan fingerprint density at radius 3 is 2.68 bits per heavy atom. The van der Waals surface area contributed by atoms with Gasteiger partial charge in [-0.2, -0.15) is 0 Å². The lowest BCUT2D eigenvalue weighted by Gasteiger charge is -2.04. The standard InChI is InChI=1S/C14H12FNO3/c1-9(17)11-6-13(16-7-11)14(18)19-8-10-4-2-3-5-12(10)15/h2-7,16H,8H2,1H3. The number of hydrogen-bond donors (Lipinski definition) is 1. The molecule has 2 rings (SSSR count). The SMILES string of the molecule is CC(=O)c1c[nH]c(C(=O)OCc2ccccc2F)c1. The van der Waals surface area contributed by atoms with Gasteiger partial charge in [0.1, 0.15) is 18.1 Å². The third-order valence-electron chi connectivity index (χ3n) is 2.63. The molecule has 1 aromatic carbocycles. The summed E-state index contributed by atoms with van der Waals surface area (Å²) in [5, 5.41) is 0. The Bertz CT molecular complexity index is 619. The maximum absolute atomic E-state index is 13.3. The minimum absolute atomic E-state index is 0.149. The molecule has 0 radical (unpaired) electrons. The van der Waals surface area contributed by atoms with Gasteiger partial charge in [0.15, 0.2) is 5.78 Å². The molecule has 0 saturated carbocycles. The third kappa shape index (κ3) is 3.07. The van der Waals surface area contributed by atoms with Crippen molar-refractivity contribution in [2.24, 2.45) is 0 Å². The summed E-state index contributed by atoms with van der Waals surface area (Å²) < 4.78 is 18.3. The van der Waals surface area contributed by atoms with Crippen LogP contribution < -0.4 is 0 Å². The Kier molecular flexibility index (Phi) is 3.75. The van der Waals surface area contributed by atoms with Crippen molar-refractivity contribution in [1.29, 1.82) is 0 Å². The summed E-state index contributed by atoms with van der Waals surface area (Å²) in [5.41, 5.74) is 0.869. The van der Waals surface area contributed by atoms with E-state index in [0.29, 0.717) is 11.1 Å². The zero-order valence-electron chi connectivity index (χ0n) is 10.3. The first-order chi connectivity index (χ1) is 9.08. The zero-order valence-corrected chi connectivity index (χ0v) is 10.3. The van der Waals surface area contributed by atoms with E-state index < -0.39 is 11.8 Å². The number of carbonyl (C=O) groups excluding carboxylic acids is 2. The molecule has 0 aliphatic carbocycles. The van der Waals surface area contributed by atoms with Crippen LogP contribution in [0.1, 0.15) is 33.3 Å². The van der Waals surface area contributed by atoms with Crippen LogP contribution in [-0.2, 0) is 11.3 Å². The number of Topliss-reactive ketones (excluding diaryl/α,β-unsaturated/α-hetero) is 1. The summed E-state index contributed by atoms with van der Waals surface area (Å²) in [7, 11) is 0. The van der Waals surface area contributed by atoms with E-state index in [-0.39, 0.29) is 18.1 Å². The highest BCUT2D eigenvalue weighted by Crippen LogP contribution is 2.10. The molecule has 0 amide bonds. The molecular formula is C14H12FNO3. The molecule has 1 aromatic heterocycles. The highest BCUT2D eigenvalue weighted by Gasteiger charge is 2.12. The van der Waals surface area contributed by atoms with E-state index in [4.69, 9.17) is 4.74 Å². The summed E-state index contributed by atoms with van der Waals surface area (Å²) in [4.78, 5) is 25.4. The van der Waals surface area contributed by atoms with Gasteiger partial charge in [-0.1, -0.05) is 18.2 Å². The van der Waals surface area contributed by atoms with Crippen LogP contribution in [0, 0.1) is 5.82 Å². The van der Waals surface area contributed by atoms with Gasteiger partial charge in [-0.25, -0.2) is 9.18 Å². The van der Waals surface area contributed by atoms with Crippen LogP contribution in [-0.4, -0.2) is 16.7 Å². The van der Waals surface area contributed by atoms with E-state index in [1.165, 1.54) is 31.3 Å². The van der Waals surface area contributed by atoms with Gasteiger partial charge in [0, 0.05) is 17.3 Å². The van der Waals surface area contributed by atoms with E-state index in [2.05, 4.69) is 4.98 Å². The maximum Gasteiger partial charge on any atom is 0.355 e. The van der Waals surface area contributed by atoms with Crippen molar-refractivity contribution in [3.8, 4) is 0 Å². The molecule has 1 N–H and O–H groups in total. The zero-order chi connectivity index (χ0) is 13.8. The Morgan fingerprint density at radius 1 is 1.32 bits per heavy atom. The highest BCUT2D eigenvalue weighted by molar-refractivity contribution is 5.97. The molecule has 0 spiro atoms. The molecule has 0 bridgehead atoms. The van der Waals surface area contributed by atoms with E-state index in [0.717, 1.165) is 0 Å². The van der Waals surface area contributed by atoms with E-state index in [1.54, 1.807) is 12.1 Å². The summed E-state index contributed by atoms with van der Waals surface area (Å²) in [6.45, 7) is 1.25. The quantitative estimate of drug-likeness (QED) is 0.680. The Balaban J connectivity index is 2.01. The lowest BCUT2D eigenvalue weighted by atomic mass is 10.2. The van der Waals surface area contributed by atoms with Crippen molar-refractivity contribution in [2.45, 2.75) is 13.5 Å². The lowest BCUT2D eigenvalue weighted by molar-refractivity contribution is 0.0463. The summed E-state index contributed by atoms with van der Waals surface area (Å²) in [6.07, 6.45) is 1.43. The van der Waals surface area contributed by atoms with Crippen LogP contribution >= 0.6 is 0 Å². The van der Waals surface area contributed by atoms with Crippen molar-refractivity contribution in [2.75, 3.05) is 0 Å². The molecule has 1 heterocycles. The Morgan fingerprint density at radius 2 is 2.05 bits per heavy atom. The average Bonchev–Trinajstić information content (AvgIpc) is 2.87. The number of aromatic nitrogens is 1. The Labute approximate surface area is 109 Å². The molecule has 0 aliphatic rings. The summed E-state index contributed by atoms with van der Waals surface area (Å²) in [6, 6.07) is 7.47. The van der Waals surface area contributed by atoms with Gasteiger partial charge in [-0.05, 0) is 19.1 Å². The van der Waals surface area contributed by atoms with Gasteiger partial charge in [-0.15, -0.1) is 0 Å². The number of carbonyl (C=O) groups is 2. The van der Waals surface area contributed by atoms with E-state index >= 15 is 0 Å². The molecule has 98 valence electrons. The van der Waals surface area contributed by atoms with Crippen molar-refractivity contribution in [3.05, 3.63) is 59.2 Å². The fraction of sp³-hybridized carbons (Fsp3) is 0.143. The normalized spacial score (nSPS) is 10.2. The fourth-order valence-corrected chi connectivity index (χ4v) is 1.55. The topological polar surface area (TPSA) is 59.2 Å². The molecule has 0 unspecified atom stereocenters. The molecule has 19 heavy (non-hydrogen) atoms. The van der Waals surface area contributed by atoms with Crippen LogP contribution in [0.15, 0.2) is 36.5 Å². The number of benzene rings is 1. The summed E-state index contributed by atoms with van der Waals surface area (Å²) >= 11 is 0. The van der Waals surface area contributed by atoms with E-state index in [9.17, 15) is 14.0 Å². The molecule has 0 atom stereocenters. The number of rotatable bonds is 4. The van der Waals surface area contributed by atoms with Gasteiger partial charge < -0.3 is 9.72 Å². The highest BCUT2D eigenvalue weighted by atomic mass is 19.1.